The number of halogens is 5. The van der Waals surface area contributed by atoms with Crippen LogP contribution in [0.25, 0.3) is 16.7 Å². The lowest BCUT2D eigenvalue weighted by Crippen LogP contribution is -2.58. The molecule has 1 saturated heterocycles. The summed E-state index contributed by atoms with van der Waals surface area (Å²) in [6, 6.07) is 2.39. The van der Waals surface area contributed by atoms with Crippen molar-refractivity contribution in [3.63, 3.8) is 0 Å². The molecule has 292 valence electrons. The van der Waals surface area contributed by atoms with Crippen molar-refractivity contribution in [1.29, 1.82) is 0 Å². The maximum absolute atomic E-state index is 14.1. The number of rotatable bonds is 14. The molecule has 54 heavy (non-hydrogen) atoms. The first-order chi connectivity index (χ1) is 25.2. The highest BCUT2D eigenvalue weighted by Gasteiger charge is 2.64. The smallest absolute Gasteiger partial charge is 0.427 e. The Kier molecular flexibility index (Phi) is 9.82. The summed E-state index contributed by atoms with van der Waals surface area (Å²) in [6.07, 6.45) is -1.23. The van der Waals surface area contributed by atoms with Gasteiger partial charge in [0.25, 0.3) is 5.91 Å². The maximum atomic E-state index is 14.1. The van der Waals surface area contributed by atoms with E-state index in [-0.39, 0.29) is 43.9 Å². The molecule has 0 bridgehead atoms. The van der Waals surface area contributed by atoms with E-state index in [4.69, 9.17) is 21.1 Å². The number of alkyl halides is 4. The zero-order valence-electron chi connectivity index (χ0n) is 29.4. The first-order valence-electron chi connectivity index (χ1n) is 16.9. The summed E-state index contributed by atoms with van der Waals surface area (Å²) < 4.78 is 93.1. The lowest BCUT2D eigenvalue weighted by atomic mass is 10.1. The van der Waals surface area contributed by atoms with Gasteiger partial charge in [-0.3, -0.25) is 23.5 Å². The van der Waals surface area contributed by atoms with Gasteiger partial charge in [0.1, 0.15) is 35.1 Å². The predicted molar refractivity (Wildman–Crippen MR) is 187 cm³/mol. The molecule has 3 aliphatic rings. The summed E-state index contributed by atoms with van der Waals surface area (Å²) in [6.45, 7) is 8.63. The number of fused-ring (bicyclic) bond motifs is 3. The number of sulfonamides is 1. The van der Waals surface area contributed by atoms with E-state index in [9.17, 15) is 40.4 Å². The van der Waals surface area contributed by atoms with Crippen LogP contribution in [0, 0.1) is 5.92 Å². The standard InChI is InChI=1S/C34H38ClF4N7O7S/c1-6-20-15-33(20,29(49)44-54(50,51)32(17-36)9-10-32)43-26(47)25-14-22(16-46(25)28(48)18(2)41-19(3)53-31(4,5)34(37,38)39)52-27-23-13-21(35)7-8-24(23)45-12-11-40-30(45)42-27/h6-8,11-13,18,20,22,25,41H,1,3,9-10,14-17H2,2,4-5H3,(H,43,47)(H,44,49)/t18-,20+,22+,25-,33+/m0/s1. The topological polar surface area (TPSA) is 173 Å². The van der Waals surface area contributed by atoms with Gasteiger partial charge in [-0.25, -0.2) is 17.8 Å². The molecule has 6 rings (SSSR count). The van der Waals surface area contributed by atoms with E-state index in [2.05, 4.69) is 33.8 Å². The van der Waals surface area contributed by atoms with Crippen molar-refractivity contribution < 1.29 is 49.8 Å². The van der Waals surface area contributed by atoms with Gasteiger partial charge < -0.3 is 25.0 Å². The van der Waals surface area contributed by atoms with Crippen LogP contribution in [0.3, 0.4) is 0 Å². The van der Waals surface area contributed by atoms with Gasteiger partial charge >= 0.3 is 6.18 Å². The fraction of sp³-hybridized carbons (Fsp3) is 0.500. The molecule has 0 unspecified atom stereocenters. The summed E-state index contributed by atoms with van der Waals surface area (Å²) in [4.78, 5) is 51.5. The van der Waals surface area contributed by atoms with E-state index in [1.165, 1.54) is 19.2 Å². The first-order valence-corrected chi connectivity index (χ1v) is 18.7. The van der Waals surface area contributed by atoms with Gasteiger partial charge in [-0.05, 0) is 64.8 Å². The Morgan fingerprint density at radius 1 is 1.22 bits per heavy atom. The number of benzene rings is 1. The third-order valence-corrected chi connectivity index (χ3v) is 12.5. The number of amides is 3. The van der Waals surface area contributed by atoms with Crippen LogP contribution in [0.5, 0.6) is 5.88 Å². The first kappa shape index (κ1) is 39.1. The normalized spacial score (nSPS) is 24.1. The Labute approximate surface area is 312 Å². The van der Waals surface area contributed by atoms with Crippen molar-refractivity contribution in [3.05, 3.63) is 60.7 Å². The van der Waals surface area contributed by atoms with Gasteiger partial charge in [-0.1, -0.05) is 17.7 Å². The fourth-order valence-electron chi connectivity index (χ4n) is 6.45. The summed E-state index contributed by atoms with van der Waals surface area (Å²) in [5, 5.41) is 5.98. The molecule has 2 aromatic heterocycles. The lowest BCUT2D eigenvalue weighted by molar-refractivity contribution is -0.253. The van der Waals surface area contributed by atoms with Crippen molar-refractivity contribution in [1.82, 2.24) is 34.6 Å². The number of carbonyl (C=O) groups excluding carboxylic acids is 3. The molecular weight excluding hydrogens is 762 g/mol. The van der Waals surface area contributed by atoms with Crippen molar-refractivity contribution in [2.45, 2.75) is 86.7 Å². The minimum absolute atomic E-state index is 0.0259. The average molecular weight is 800 g/mol. The summed E-state index contributed by atoms with van der Waals surface area (Å²) in [5.74, 6) is -3.60. The highest BCUT2D eigenvalue weighted by molar-refractivity contribution is 7.91. The molecule has 0 radical (unpaired) electrons. The molecule has 2 saturated carbocycles. The van der Waals surface area contributed by atoms with E-state index < -0.39 is 86.5 Å². The van der Waals surface area contributed by atoms with Gasteiger partial charge in [0.2, 0.25) is 33.5 Å². The third kappa shape index (κ3) is 7.02. The van der Waals surface area contributed by atoms with E-state index in [1.807, 2.05) is 4.72 Å². The van der Waals surface area contributed by atoms with E-state index in [1.54, 1.807) is 28.8 Å². The molecule has 3 aromatic rings. The Hall–Kier alpha value is -4.65. The zero-order chi connectivity index (χ0) is 39.6. The number of imidazole rings is 1. The molecule has 5 atom stereocenters. The Balaban J connectivity index is 1.27. The third-order valence-electron chi connectivity index (χ3n) is 10.1. The molecule has 1 aromatic carbocycles. The molecule has 0 spiro atoms. The van der Waals surface area contributed by atoms with E-state index >= 15 is 0 Å². The number of ether oxygens (including phenoxy) is 2. The quantitative estimate of drug-likeness (QED) is 0.124. The second kappa shape index (κ2) is 13.6. The summed E-state index contributed by atoms with van der Waals surface area (Å²) in [7, 11) is -4.44. The number of likely N-dealkylation sites (tertiary alicyclic amines) is 1. The largest absolute Gasteiger partial charge is 0.472 e. The highest BCUT2D eigenvalue weighted by Crippen LogP contribution is 2.47. The summed E-state index contributed by atoms with van der Waals surface area (Å²) >= 11 is 6.30. The van der Waals surface area contributed by atoms with Crippen molar-refractivity contribution in [2.75, 3.05) is 13.2 Å². The zero-order valence-corrected chi connectivity index (χ0v) is 30.9. The predicted octanol–water partition coefficient (Wildman–Crippen LogP) is 3.70. The molecule has 1 aliphatic heterocycles. The molecule has 2 aliphatic carbocycles. The molecule has 14 nitrogen and oxygen atoms in total. The van der Waals surface area contributed by atoms with Crippen molar-refractivity contribution in [2.24, 2.45) is 5.92 Å². The Bertz CT molecular complexity index is 2160. The molecular formula is C34H38ClF4N7O7S. The van der Waals surface area contributed by atoms with Crippen LogP contribution in [0.4, 0.5) is 17.6 Å². The van der Waals surface area contributed by atoms with Crippen LogP contribution in [0.15, 0.2) is 55.7 Å². The Morgan fingerprint density at radius 2 is 1.93 bits per heavy atom. The van der Waals surface area contributed by atoms with Crippen LogP contribution >= 0.6 is 11.6 Å². The second-order valence-electron chi connectivity index (χ2n) is 14.3. The number of nitrogens with one attached hydrogen (secondary N) is 3. The number of carbonyl (C=O) groups is 3. The lowest BCUT2D eigenvalue weighted by Gasteiger charge is -2.32. The SMILES string of the molecule is C=C[C@@H]1C[C@]1(NC(=O)[C@@H]1C[C@@H](Oc2nc3nccn3c3ccc(Cl)cc23)CN1C(=O)[C@H](C)NC(=C)OC(C)(C)C(F)(F)F)C(=O)NS(=O)(=O)C1(CF)CC1. The van der Waals surface area contributed by atoms with Crippen LogP contribution in [-0.2, 0) is 29.1 Å². The molecule has 3 heterocycles. The molecule has 20 heteroatoms. The van der Waals surface area contributed by atoms with Gasteiger partial charge in [-0.15, -0.1) is 6.58 Å². The highest BCUT2D eigenvalue weighted by atomic mass is 35.5. The van der Waals surface area contributed by atoms with Crippen molar-refractivity contribution >= 4 is 56.0 Å². The summed E-state index contributed by atoms with van der Waals surface area (Å²) in [5.41, 5.74) is -3.79. The molecule has 3 fully saturated rings. The average Bonchev–Trinajstić information content (AvgIpc) is 3.93. The van der Waals surface area contributed by atoms with Gasteiger partial charge in [0.15, 0.2) is 11.5 Å². The van der Waals surface area contributed by atoms with Gasteiger partial charge in [0.05, 0.1) is 17.4 Å². The van der Waals surface area contributed by atoms with E-state index in [0.29, 0.717) is 15.9 Å². The van der Waals surface area contributed by atoms with Crippen LogP contribution in [0.2, 0.25) is 5.02 Å². The van der Waals surface area contributed by atoms with Crippen LogP contribution in [0.1, 0.15) is 46.5 Å². The molecule has 3 N–H and O–H groups in total. The second-order valence-corrected chi connectivity index (χ2v) is 16.8. The monoisotopic (exact) mass is 799 g/mol. The van der Waals surface area contributed by atoms with Gasteiger partial charge in [0, 0.05) is 29.8 Å². The Morgan fingerprint density at radius 3 is 2.54 bits per heavy atom. The van der Waals surface area contributed by atoms with Crippen LogP contribution in [-0.4, -0.2) is 98.9 Å². The minimum Gasteiger partial charge on any atom is -0.472 e. The van der Waals surface area contributed by atoms with Crippen LogP contribution < -0.4 is 20.1 Å². The fourth-order valence-corrected chi connectivity index (χ4v) is 8.05. The minimum atomic E-state index is -4.77. The molecule has 3 amide bonds. The van der Waals surface area contributed by atoms with Gasteiger partial charge in [-0.2, -0.15) is 18.2 Å². The number of nitrogens with zero attached hydrogens (tertiary/aromatic N) is 4. The number of hydrogen-bond donors (Lipinski definition) is 3. The van der Waals surface area contributed by atoms with E-state index in [0.717, 1.165) is 18.7 Å². The number of hydrogen-bond acceptors (Lipinski definition) is 10. The maximum Gasteiger partial charge on any atom is 0.427 e. The number of aromatic nitrogens is 3. The van der Waals surface area contributed by atoms with Crippen molar-refractivity contribution in [3.8, 4) is 5.88 Å².